The summed E-state index contributed by atoms with van der Waals surface area (Å²) in [5.74, 6) is -2.42. The topological polar surface area (TPSA) is 92.7 Å². The highest BCUT2D eigenvalue weighted by atomic mass is 32.1. The Hall–Kier alpha value is -3.45. The number of benzene rings is 2. The van der Waals surface area contributed by atoms with Crippen LogP contribution in [0.2, 0.25) is 0 Å². The second kappa shape index (κ2) is 8.49. The summed E-state index contributed by atoms with van der Waals surface area (Å²) in [5.41, 5.74) is 1.71. The number of hydrogen-bond acceptors (Lipinski definition) is 5. The average Bonchev–Trinajstić information content (AvgIpc) is 3.09. The Morgan fingerprint density at radius 1 is 1.11 bits per heavy atom. The third-order valence-electron chi connectivity index (χ3n) is 3.95. The van der Waals surface area contributed by atoms with Gasteiger partial charge >= 0.3 is 11.9 Å². The number of hydrogen-bond donors (Lipinski definition) is 2. The fourth-order valence-electron chi connectivity index (χ4n) is 2.73. The van der Waals surface area contributed by atoms with Crippen LogP contribution in [0, 0.1) is 0 Å². The van der Waals surface area contributed by atoms with Crippen molar-refractivity contribution < 1.29 is 24.2 Å². The Balaban J connectivity index is 2.02. The quantitative estimate of drug-likeness (QED) is 0.479. The zero-order valence-electron chi connectivity index (χ0n) is 15.0. The highest BCUT2D eigenvalue weighted by molar-refractivity contribution is 7.15. The van der Waals surface area contributed by atoms with Gasteiger partial charge in [0.05, 0.1) is 6.61 Å². The molecule has 1 amide bonds. The minimum Gasteiger partial charge on any atom is -0.478 e. The lowest BCUT2D eigenvalue weighted by Crippen LogP contribution is -2.13. The van der Waals surface area contributed by atoms with Gasteiger partial charge < -0.3 is 15.2 Å². The molecule has 0 aliphatic rings. The van der Waals surface area contributed by atoms with Crippen molar-refractivity contribution in [3.05, 3.63) is 65.6 Å². The molecule has 0 aliphatic heterocycles. The lowest BCUT2D eigenvalue weighted by Gasteiger charge is -2.08. The van der Waals surface area contributed by atoms with Crippen LogP contribution >= 0.6 is 11.3 Å². The van der Waals surface area contributed by atoms with Gasteiger partial charge in [-0.05, 0) is 29.3 Å². The maximum Gasteiger partial charge on any atom is 0.341 e. The molecule has 0 saturated carbocycles. The molecule has 0 saturated heterocycles. The van der Waals surface area contributed by atoms with E-state index >= 15 is 0 Å². The van der Waals surface area contributed by atoms with E-state index in [1.54, 1.807) is 12.3 Å². The van der Waals surface area contributed by atoms with Gasteiger partial charge in [-0.3, -0.25) is 4.79 Å². The van der Waals surface area contributed by atoms with Crippen LogP contribution in [0.1, 0.15) is 17.3 Å². The Kier molecular flexibility index (Phi) is 5.86. The summed E-state index contributed by atoms with van der Waals surface area (Å²) in [7, 11) is 0. The minimum atomic E-state index is -1.23. The Labute approximate surface area is 165 Å². The van der Waals surface area contributed by atoms with E-state index < -0.39 is 17.8 Å². The number of esters is 1. The molecule has 6 nitrogen and oxygen atoms in total. The molecule has 0 aliphatic carbocycles. The summed E-state index contributed by atoms with van der Waals surface area (Å²) in [6.07, 6.45) is 1.63. The van der Waals surface area contributed by atoms with Crippen LogP contribution in [0.5, 0.6) is 0 Å². The normalized spacial score (nSPS) is 10.9. The van der Waals surface area contributed by atoms with E-state index in [2.05, 4.69) is 5.32 Å². The van der Waals surface area contributed by atoms with Crippen molar-refractivity contribution in [2.24, 2.45) is 0 Å². The first-order valence-electron chi connectivity index (χ1n) is 8.49. The number of anilines is 1. The summed E-state index contributed by atoms with van der Waals surface area (Å²) in [4.78, 5) is 35.1. The predicted octanol–water partition coefficient (Wildman–Crippen LogP) is 4.32. The first-order valence-corrected chi connectivity index (χ1v) is 9.37. The Bertz CT molecular complexity index is 1080. The van der Waals surface area contributed by atoms with Gasteiger partial charge in [0.2, 0.25) is 5.91 Å². The number of thiophene rings is 1. The maximum atomic E-state index is 12.6. The molecule has 0 fully saturated rings. The van der Waals surface area contributed by atoms with Crippen molar-refractivity contribution in [1.29, 1.82) is 0 Å². The van der Waals surface area contributed by atoms with Crippen LogP contribution < -0.4 is 5.32 Å². The van der Waals surface area contributed by atoms with Crippen LogP contribution in [-0.2, 0) is 14.3 Å². The summed E-state index contributed by atoms with van der Waals surface area (Å²) >= 11 is 1.18. The van der Waals surface area contributed by atoms with Crippen molar-refractivity contribution in [2.45, 2.75) is 6.92 Å². The summed E-state index contributed by atoms with van der Waals surface area (Å²) < 4.78 is 5.16. The average molecular weight is 395 g/mol. The van der Waals surface area contributed by atoms with E-state index in [1.165, 1.54) is 11.3 Å². The van der Waals surface area contributed by atoms with Crippen molar-refractivity contribution in [3.63, 3.8) is 0 Å². The van der Waals surface area contributed by atoms with E-state index in [1.807, 2.05) is 42.5 Å². The fraction of sp³-hybridized carbons (Fsp3) is 0.0952. The second-order valence-electron chi connectivity index (χ2n) is 5.80. The molecular weight excluding hydrogens is 378 g/mol. The monoisotopic (exact) mass is 395 g/mol. The molecule has 142 valence electrons. The summed E-state index contributed by atoms with van der Waals surface area (Å²) in [6.45, 7) is 1.89. The van der Waals surface area contributed by atoms with Gasteiger partial charge in [-0.25, -0.2) is 9.59 Å². The van der Waals surface area contributed by atoms with Gasteiger partial charge in [-0.15, -0.1) is 11.3 Å². The molecule has 3 rings (SSSR count). The lowest BCUT2D eigenvalue weighted by atomic mass is 10.00. The standard InChI is InChI=1S/C21H17NO5S/c1-2-27-21(26)19-16(12-28-20(19)22-17(23)9-10-18(24)25)15-8-7-13-5-3-4-6-14(13)11-15/h3-12H,2H2,1H3,(H,22,23)(H,24,25). The van der Waals surface area contributed by atoms with Gasteiger partial charge in [0.15, 0.2) is 0 Å². The molecule has 2 N–H and O–H groups in total. The third-order valence-corrected chi connectivity index (χ3v) is 4.84. The molecule has 7 heteroatoms. The molecule has 0 unspecified atom stereocenters. The number of amides is 1. The number of carboxylic acid groups (broad SMARTS) is 1. The zero-order chi connectivity index (χ0) is 20.1. The van der Waals surface area contributed by atoms with Crippen LogP contribution in [-0.4, -0.2) is 29.6 Å². The number of carboxylic acids is 1. The molecule has 0 atom stereocenters. The molecule has 28 heavy (non-hydrogen) atoms. The molecular formula is C21H17NO5S. The predicted molar refractivity (Wildman–Crippen MR) is 109 cm³/mol. The van der Waals surface area contributed by atoms with Gasteiger partial charge in [-0.1, -0.05) is 36.4 Å². The molecule has 2 aromatic carbocycles. The van der Waals surface area contributed by atoms with E-state index in [4.69, 9.17) is 9.84 Å². The first-order chi connectivity index (χ1) is 13.5. The number of fused-ring (bicyclic) bond motifs is 1. The van der Waals surface area contributed by atoms with Crippen LogP contribution in [0.25, 0.3) is 21.9 Å². The second-order valence-corrected chi connectivity index (χ2v) is 6.68. The number of aliphatic carboxylic acids is 1. The smallest absolute Gasteiger partial charge is 0.341 e. The third kappa shape index (κ3) is 4.27. The number of carbonyl (C=O) groups is 3. The van der Waals surface area contributed by atoms with E-state index in [9.17, 15) is 14.4 Å². The molecule has 0 radical (unpaired) electrons. The number of rotatable bonds is 6. The summed E-state index contributed by atoms with van der Waals surface area (Å²) in [5, 5.41) is 15.4. The maximum absolute atomic E-state index is 12.6. The lowest BCUT2D eigenvalue weighted by molar-refractivity contribution is -0.131. The summed E-state index contributed by atoms with van der Waals surface area (Å²) in [6, 6.07) is 13.7. The molecule has 3 aromatic rings. The fourth-order valence-corrected chi connectivity index (χ4v) is 3.69. The number of ether oxygens (including phenoxy) is 1. The van der Waals surface area contributed by atoms with E-state index in [-0.39, 0.29) is 12.2 Å². The van der Waals surface area contributed by atoms with Crippen LogP contribution in [0.15, 0.2) is 60.0 Å². The van der Waals surface area contributed by atoms with Crippen molar-refractivity contribution in [2.75, 3.05) is 11.9 Å². The Morgan fingerprint density at radius 2 is 1.86 bits per heavy atom. The molecule has 1 heterocycles. The molecule has 1 aromatic heterocycles. The zero-order valence-corrected chi connectivity index (χ0v) is 15.8. The van der Waals surface area contributed by atoms with Crippen molar-refractivity contribution in [1.82, 2.24) is 0 Å². The SMILES string of the molecule is CCOC(=O)c1c(-c2ccc3ccccc3c2)csc1NC(=O)C=CC(=O)O. The van der Waals surface area contributed by atoms with Crippen LogP contribution in [0.3, 0.4) is 0 Å². The van der Waals surface area contributed by atoms with Gasteiger partial charge in [0.25, 0.3) is 0 Å². The largest absolute Gasteiger partial charge is 0.478 e. The highest BCUT2D eigenvalue weighted by Crippen LogP contribution is 2.37. The first kappa shape index (κ1) is 19.3. The van der Waals surface area contributed by atoms with Crippen molar-refractivity contribution >= 4 is 45.0 Å². The van der Waals surface area contributed by atoms with Gasteiger partial charge in [0, 0.05) is 23.1 Å². The van der Waals surface area contributed by atoms with Crippen molar-refractivity contribution in [3.8, 4) is 11.1 Å². The molecule has 0 bridgehead atoms. The number of carbonyl (C=O) groups excluding carboxylic acids is 2. The minimum absolute atomic E-state index is 0.193. The van der Waals surface area contributed by atoms with E-state index in [0.717, 1.165) is 28.5 Å². The van der Waals surface area contributed by atoms with E-state index in [0.29, 0.717) is 10.6 Å². The van der Waals surface area contributed by atoms with Crippen LogP contribution in [0.4, 0.5) is 5.00 Å². The van der Waals surface area contributed by atoms with Gasteiger partial charge in [-0.2, -0.15) is 0 Å². The Morgan fingerprint density at radius 3 is 2.57 bits per heavy atom. The van der Waals surface area contributed by atoms with Gasteiger partial charge in [0.1, 0.15) is 10.6 Å². The highest BCUT2D eigenvalue weighted by Gasteiger charge is 2.22. The molecule has 0 spiro atoms. The number of nitrogens with one attached hydrogen (secondary N) is 1.